The Morgan fingerprint density at radius 2 is 1.83 bits per heavy atom. The lowest BCUT2D eigenvalue weighted by molar-refractivity contribution is 0.262. The number of hydrogen-bond acceptors (Lipinski definition) is 5. The summed E-state index contributed by atoms with van der Waals surface area (Å²) in [5.41, 5.74) is 0.586. The van der Waals surface area contributed by atoms with Gasteiger partial charge in [0.05, 0.1) is 5.69 Å². The number of carbonyl (C=O) groups excluding carboxylic acids is 1. The molecule has 1 aromatic heterocycles. The van der Waals surface area contributed by atoms with Gasteiger partial charge in [-0.05, 0) is 30.5 Å². The predicted molar refractivity (Wildman–Crippen MR) is 99.5 cm³/mol. The van der Waals surface area contributed by atoms with Crippen molar-refractivity contribution in [1.29, 1.82) is 0 Å². The topological polar surface area (TPSA) is 63.2 Å². The van der Waals surface area contributed by atoms with Crippen molar-refractivity contribution in [2.75, 3.05) is 16.9 Å². The summed E-state index contributed by atoms with van der Waals surface area (Å²) in [6.07, 6.45) is 3.63. The molecule has 5 nitrogen and oxygen atoms in total. The molecule has 0 saturated carbocycles. The van der Waals surface area contributed by atoms with Crippen molar-refractivity contribution in [3.05, 3.63) is 60.1 Å². The molecule has 0 spiro atoms. The van der Waals surface area contributed by atoms with Crippen LogP contribution in [-0.2, 0) is 0 Å². The zero-order chi connectivity index (χ0) is 16.8. The summed E-state index contributed by atoms with van der Waals surface area (Å²) >= 11 is 2.96. The van der Waals surface area contributed by atoms with Crippen LogP contribution in [0, 0.1) is 0 Å². The van der Waals surface area contributed by atoms with E-state index in [1.807, 2.05) is 48.7 Å². The first-order valence-corrected chi connectivity index (χ1v) is 9.24. The molecule has 24 heavy (non-hydrogen) atoms. The maximum Gasteiger partial charge on any atom is 0.325 e. The van der Waals surface area contributed by atoms with Gasteiger partial charge in [0.2, 0.25) is 0 Å². The van der Waals surface area contributed by atoms with Crippen LogP contribution in [0.1, 0.15) is 0 Å². The molecule has 0 aliphatic heterocycles. The molecule has 122 valence electrons. The number of hydrogen-bond donors (Lipinski definition) is 2. The second-order valence-electron chi connectivity index (χ2n) is 4.67. The molecule has 2 amide bonds. The van der Waals surface area contributed by atoms with Gasteiger partial charge in [-0.2, -0.15) is 0 Å². The zero-order valence-electron chi connectivity index (χ0n) is 12.9. The van der Waals surface area contributed by atoms with E-state index in [1.54, 1.807) is 29.4 Å². The third-order valence-electron chi connectivity index (χ3n) is 3.08. The van der Waals surface area contributed by atoms with E-state index < -0.39 is 0 Å². The first kappa shape index (κ1) is 16.4. The highest BCUT2D eigenvalue weighted by Crippen LogP contribution is 2.34. The number of carbonyl (C=O) groups is 1. The lowest BCUT2D eigenvalue weighted by atomic mass is 10.3. The van der Waals surface area contributed by atoms with Crippen LogP contribution in [0.5, 0.6) is 11.5 Å². The number of nitrogens with zero attached hydrogens (tertiary/aromatic N) is 1. The molecule has 0 bridgehead atoms. The van der Waals surface area contributed by atoms with Crippen LogP contribution in [0.15, 0.2) is 65.0 Å². The van der Waals surface area contributed by atoms with Crippen molar-refractivity contribution in [2.45, 2.75) is 4.90 Å². The number of urea groups is 1. The fraction of sp³-hybridized carbons (Fsp3) is 0.0588. The summed E-state index contributed by atoms with van der Waals surface area (Å²) in [5, 5.41) is 7.81. The van der Waals surface area contributed by atoms with Gasteiger partial charge in [0, 0.05) is 16.5 Å². The van der Waals surface area contributed by atoms with Crippen molar-refractivity contribution < 1.29 is 9.53 Å². The number of aromatic nitrogens is 1. The lowest BCUT2D eigenvalue weighted by Gasteiger charge is -2.14. The molecule has 0 saturated heterocycles. The summed E-state index contributed by atoms with van der Waals surface area (Å²) in [4.78, 5) is 17.1. The Balaban J connectivity index is 1.76. The van der Waals surface area contributed by atoms with E-state index in [1.165, 1.54) is 11.3 Å². The van der Waals surface area contributed by atoms with Crippen LogP contribution in [-0.4, -0.2) is 17.3 Å². The van der Waals surface area contributed by atoms with E-state index in [4.69, 9.17) is 4.74 Å². The highest BCUT2D eigenvalue weighted by molar-refractivity contribution is 7.98. The molecule has 3 rings (SSSR count). The molecule has 0 aliphatic rings. The first-order valence-electron chi connectivity index (χ1n) is 7.13. The molecule has 0 unspecified atom stereocenters. The summed E-state index contributed by atoms with van der Waals surface area (Å²) in [7, 11) is 0. The lowest BCUT2D eigenvalue weighted by Crippen LogP contribution is -2.19. The Morgan fingerprint density at radius 1 is 1.08 bits per heavy atom. The number of rotatable bonds is 5. The van der Waals surface area contributed by atoms with E-state index in [0.29, 0.717) is 16.6 Å². The van der Waals surface area contributed by atoms with Gasteiger partial charge in [-0.15, -0.1) is 23.1 Å². The van der Waals surface area contributed by atoms with E-state index in [9.17, 15) is 4.79 Å². The van der Waals surface area contributed by atoms with Crippen LogP contribution in [0.25, 0.3) is 0 Å². The maximum atomic E-state index is 12.1. The van der Waals surface area contributed by atoms with Gasteiger partial charge >= 0.3 is 6.03 Å². The average Bonchev–Trinajstić information content (AvgIpc) is 3.10. The Bertz CT molecular complexity index is 822. The highest BCUT2D eigenvalue weighted by Gasteiger charge is 2.11. The normalized spacial score (nSPS) is 10.2. The molecule has 2 N–H and O–H groups in total. The molecule has 2 aromatic carbocycles. The molecular formula is C17H15N3O2S2. The molecule has 7 heteroatoms. The second kappa shape index (κ2) is 7.85. The van der Waals surface area contributed by atoms with Gasteiger partial charge in [0.25, 0.3) is 0 Å². The summed E-state index contributed by atoms with van der Waals surface area (Å²) in [6, 6.07) is 14.7. The summed E-state index contributed by atoms with van der Waals surface area (Å²) < 4.78 is 5.99. The van der Waals surface area contributed by atoms with Crippen LogP contribution in [0.2, 0.25) is 0 Å². The quantitative estimate of drug-likeness (QED) is 0.608. The fourth-order valence-electron chi connectivity index (χ4n) is 2.02. The highest BCUT2D eigenvalue weighted by atomic mass is 32.2. The minimum absolute atomic E-state index is 0.362. The standard InChI is InChI=1S/C17H15N3O2S2/c1-23-15-9-5-4-8-14(15)22-13-7-3-2-6-12(13)19-16(21)20-17-18-10-11-24-17/h2-11H,1H3,(H2,18,19,20,21). The van der Waals surface area contributed by atoms with Crippen LogP contribution in [0.3, 0.4) is 0 Å². The molecule has 0 fully saturated rings. The number of benzene rings is 2. The number of nitrogens with one attached hydrogen (secondary N) is 2. The van der Waals surface area contributed by atoms with Crippen molar-refractivity contribution >= 4 is 39.9 Å². The molecule has 1 heterocycles. The van der Waals surface area contributed by atoms with Crippen LogP contribution < -0.4 is 15.4 Å². The maximum absolute atomic E-state index is 12.1. The third kappa shape index (κ3) is 4.06. The third-order valence-corrected chi connectivity index (χ3v) is 4.54. The minimum atomic E-state index is -0.362. The molecule has 3 aromatic rings. The predicted octanol–water partition coefficient (Wildman–Crippen LogP) is 5.30. The van der Waals surface area contributed by atoms with Gasteiger partial charge in [-0.3, -0.25) is 5.32 Å². The Hall–Kier alpha value is -2.51. The van der Waals surface area contributed by atoms with Gasteiger partial charge in [-0.25, -0.2) is 9.78 Å². The zero-order valence-corrected chi connectivity index (χ0v) is 14.5. The number of thioether (sulfide) groups is 1. The van der Waals surface area contributed by atoms with Gasteiger partial charge < -0.3 is 10.1 Å². The Kier molecular flexibility index (Phi) is 5.35. The van der Waals surface area contributed by atoms with E-state index in [-0.39, 0.29) is 6.03 Å². The SMILES string of the molecule is CSc1ccccc1Oc1ccccc1NC(=O)Nc1nccs1. The van der Waals surface area contributed by atoms with Crippen molar-refractivity contribution in [2.24, 2.45) is 0 Å². The number of ether oxygens (including phenoxy) is 1. The smallest absolute Gasteiger partial charge is 0.325 e. The summed E-state index contributed by atoms with van der Waals surface area (Å²) in [5.74, 6) is 1.33. The van der Waals surface area contributed by atoms with Gasteiger partial charge in [-0.1, -0.05) is 24.3 Å². The van der Waals surface area contributed by atoms with Crippen LogP contribution >= 0.6 is 23.1 Å². The number of para-hydroxylation sites is 3. The van der Waals surface area contributed by atoms with E-state index in [0.717, 1.165) is 10.6 Å². The Labute approximate surface area is 148 Å². The largest absolute Gasteiger partial charge is 0.454 e. The van der Waals surface area contributed by atoms with Crippen molar-refractivity contribution in [3.63, 3.8) is 0 Å². The van der Waals surface area contributed by atoms with E-state index in [2.05, 4.69) is 15.6 Å². The second-order valence-corrected chi connectivity index (χ2v) is 6.41. The number of anilines is 2. The van der Waals surface area contributed by atoms with Gasteiger partial charge in [0.1, 0.15) is 5.75 Å². The number of thiazole rings is 1. The van der Waals surface area contributed by atoms with Crippen LogP contribution in [0.4, 0.5) is 15.6 Å². The Morgan fingerprint density at radius 3 is 2.58 bits per heavy atom. The molecule has 0 radical (unpaired) electrons. The van der Waals surface area contributed by atoms with Crippen molar-refractivity contribution in [3.8, 4) is 11.5 Å². The average molecular weight is 357 g/mol. The molecule has 0 atom stereocenters. The molecule has 0 aliphatic carbocycles. The minimum Gasteiger partial charge on any atom is -0.454 e. The fourth-order valence-corrected chi connectivity index (χ4v) is 3.07. The van der Waals surface area contributed by atoms with Gasteiger partial charge in [0.15, 0.2) is 10.9 Å². The first-order chi connectivity index (χ1) is 11.8. The number of amides is 2. The molecular weight excluding hydrogens is 342 g/mol. The summed E-state index contributed by atoms with van der Waals surface area (Å²) in [6.45, 7) is 0. The monoisotopic (exact) mass is 357 g/mol. The van der Waals surface area contributed by atoms with Crippen molar-refractivity contribution in [1.82, 2.24) is 4.98 Å². The van der Waals surface area contributed by atoms with E-state index >= 15 is 0 Å².